The van der Waals surface area contributed by atoms with Crippen LogP contribution in [0.5, 0.6) is 11.5 Å². The number of ether oxygens (including phenoxy) is 3. The molecule has 2 aliphatic rings. The number of aromatic hydroxyl groups is 1. The van der Waals surface area contributed by atoms with Crippen molar-refractivity contribution in [1.29, 1.82) is 0 Å². The molecule has 0 saturated heterocycles. The molecule has 0 unspecified atom stereocenters. The first-order valence-corrected chi connectivity index (χ1v) is 5.95. The van der Waals surface area contributed by atoms with Gasteiger partial charge in [-0.15, -0.1) is 0 Å². The molecule has 2 heterocycles. The Morgan fingerprint density at radius 2 is 2.16 bits per heavy atom. The minimum atomic E-state index is -0.795. The summed E-state index contributed by atoms with van der Waals surface area (Å²) in [6.45, 7) is 3.82. The van der Waals surface area contributed by atoms with E-state index in [4.69, 9.17) is 14.2 Å². The van der Waals surface area contributed by atoms with Crippen molar-refractivity contribution in [2.45, 2.75) is 25.7 Å². The van der Waals surface area contributed by atoms with Crippen LogP contribution in [0.15, 0.2) is 12.1 Å². The molecule has 0 fully saturated rings. The Kier molecular flexibility index (Phi) is 2.37. The van der Waals surface area contributed by atoms with Crippen molar-refractivity contribution in [1.82, 2.24) is 0 Å². The average Bonchev–Trinajstić information content (AvgIpc) is 2.64. The highest BCUT2D eigenvalue weighted by Gasteiger charge is 2.38. The molecule has 100 valence electrons. The lowest BCUT2D eigenvalue weighted by atomic mass is 9.97. The Labute approximate surface area is 110 Å². The number of benzene rings is 1. The van der Waals surface area contributed by atoms with Gasteiger partial charge in [0.1, 0.15) is 22.7 Å². The van der Waals surface area contributed by atoms with Gasteiger partial charge in [0.2, 0.25) is 6.29 Å². The van der Waals surface area contributed by atoms with Gasteiger partial charge in [-0.25, -0.2) is 4.79 Å². The number of carbonyl (C=O) groups is 1. The van der Waals surface area contributed by atoms with E-state index in [1.54, 1.807) is 12.1 Å². The summed E-state index contributed by atoms with van der Waals surface area (Å²) in [5.74, 6) is -0.187. The van der Waals surface area contributed by atoms with Crippen LogP contribution in [0.1, 0.15) is 41.6 Å². The van der Waals surface area contributed by atoms with Gasteiger partial charge in [0.15, 0.2) is 0 Å². The van der Waals surface area contributed by atoms with Crippen LogP contribution in [0.3, 0.4) is 0 Å². The van der Waals surface area contributed by atoms with E-state index in [1.165, 1.54) is 7.11 Å². The number of rotatable bonds is 1. The third kappa shape index (κ3) is 1.69. The quantitative estimate of drug-likeness (QED) is 0.787. The Balaban J connectivity index is 2.21. The van der Waals surface area contributed by atoms with Gasteiger partial charge in [0.25, 0.3) is 0 Å². The third-order valence-electron chi connectivity index (χ3n) is 3.24. The second-order valence-electron chi connectivity index (χ2n) is 5.11. The molecule has 1 aromatic carbocycles. The molecule has 1 atom stereocenters. The fourth-order valence-corrected chi connectivity index (χ4v) is 2.32. The number of fused-ring (bicyclic) bond motifs is 2. The Bertz CT molecular complexity index is 600. The summed E-state index contributed by atoms with van der Waals surface area (Å²) < 4.78 is 15.9. The fraction of sp³-hybridized carbons (Fsp3) is 0.357. The maximum atomic E-state index is 11.7. The summed E-state index contributed by atoms with van der Waals surface area (Å²) in [6, 6.07) is 1.69. The van der Waals surface area contributed by atoms with Crippen molar-refractivity contribution >= 4 is 12.0 Å². The molecule has 2 aliphatic heterocycles. The number of hydrogen-bond acceptors (Lipinski definition) is 5. The second kappa shape index (κ2) is 3.74. The number of esters is 1. The summed E-state index contributed by atoms with van der Waals surface area (Å²) in [5, 5.41) is 10.2. The van der Waals surface area contributed by atoms with Crippen LogP contribution in [0, 0.1) is 0 Å². The van der Waals surface area contributed by atoms with Crippen molar-refractivity contribution in [2.24, 2.45) is 0 Å². The zero-order chi connectivity index (χ0) is 13.8. The van der Waals surface area contributed by atoms with Crippen LogP contribution < -0.4 is 4.74 Å². The Morgan fingerprint density at radius 1 is 1.42 bits per heavy atom. The first-order valence-electron chi connectivity index (χ1n) is 5.95. The maximum Gasteiger partial charge on any atom is 0.345 e. The molecule has 0 bridgehead atoms. The lowest BCUT2D eigenvalue weighted by Gasteiger charge is -2.28. The summed E-state index contributed by atoms with van der Waals surface area (Å²) in [5.41, 5.74) is 0.680. The fourth-order valence-electron chi connectivity index (χ4n) is 2.32. The van der Waals surface area contributed by atoms with Crippen molar-refractivity contribution < 1.29 is 24.1 Å². The van der Waals surface area contributed by atoms with E-state index in [-0.39, 0.29) is 11.3 Å². The maximum absolute atomic E-state index is 11.7. The normalized spacial score (nSPS) is 22.5. The number of methoxy groups -OCH3 is 1. The van der Waals surface area contributed by atoms with Crippen LogP contribution in [0.2, 0.25) is 0 Å². The number of phenols is 1. The van der Waals surface area contributed by atoms with Crippen LogP contribution >= 0.6 is 0 Å². The zero-order valence-corrected chi connectivity index (χ0v) is 10.9. The second-order valence-corrected chi connectivity index (χ2v) is 5.11. The van der Waals surface area contributed by atoms with Crippen LogP contribution in [-0.2, 0) is 9.47 Å². The van der Waals surface area contributed by atoms with Gasteiger partial charge in [-0.3, -0.25) is 0 Å². The van der Waals surface area contributed by atoms with Gasteiger partial charge < -0.3 is 19.3 Å². The minimum absolute atomic E-state index is 0.121. The lowest BCUT2D eigenvalue weighted by molar-refractivity contribution is -0.0817. The molecule has 19 heavy (non-hydrogen) atoms. The Hall–Kier alpha value is -2.01. The molecular formula is C14H14O5. The lowest BCUT2D eigenvalue weighted by Crippen LogP contribution is -2.27. The number of phenolic OH excluding ortho intramolecular Hbond substituents is 1. The summed E-state index contributed by atoms with van der Waals surface area (Å²) in [4.78, 5) is 11.7. The van der Waals surface area contributed by atoms with Crippen LogP contribution in [-0.4, -0.2) is 23.8 Å². The van der Waals surface area contributed by atoms with Crippen molar-refractivity contribution in [3.05, 3.63) is 28.8 Å². The molecule has 0 saturated carbocycles. The summed E-state index contributed by atoms with van der Waals surface area (Å²) in [6.07, 6.45) is 2.79. The van der Waals surface area contributed by atoms with E-state index >= 15 is 0 Å². The molecular weight excluding hydrogens is 248 g/mol. The van der Waals surface area contributed by atoms with E-state index in [0.717, 1.165) is 0 Å². The van der Waals surface area contributed by atoms with E-state index in [9.17, 15) is 9.90 Å². The van der Waals surface area contributed by atoms with Gasteiger partial charge in [0.05, 0.1) is 5.56 Å². The highest BCUT2D eigenvalue weighted by atomic mass is 16.7. The van der Waals surface area contributed by atoms with Gasteiger partial charge in [0, 0.05) is 12.7 Å². The topological polar surface area (TPSA) is 65.0 Å². The molecule has 1 N–H and O–H groups in total. The van der Waals surface area contributed by atoms with Gasteiger partial charge >= 0.3 is 5.97 Å². The van der Waals surface area contributed by atoms with E-state index in [0.29, 0.717) is 16.9 Å². The Morgan fingerprint density at radius 3 is 2.84 bits per heavy atom. The molecule has 0 radical (unpaired) electrons. The molecule has 1 aromatic rings. The zero-order valence-electron chi connectivity index (χ0n) is 10.9. The highest BCUT2D eigenvalue weighted by Crippen LogP contribution is 2.45. The molecule has 0 aliphatic carbocycles. The molecule has 0 spiro atoms. The van der Waals surface area contributed by atoms with E-state index < -0.39 is 17.9 Å². The van der Waals surface area contributed by atoms with Gasteiger partial charge in [-0.1, -0.05) is 0 Å². The summed E-state index contributed by atoms with van der Waals surface area (Å²) in [7, 11) is 1.44. The number of carbonyl (C=O) groups excluding carboxylic acids is 1. The summed E-state index contributed by atoms with van der Waals surface area (Å²) >= 11 is 0. The van der Waals surface area contributed by atoms with Crippen molar-refractivity contribution in [3.8, 4) is 11.5 Å². The van der Waals surface area contributed by atoms with Gasteiger partial charge in [-0.05, 0) is 32.1 Å². The molecule has 0 amide bonds. The number of cyclic esters (lactones) is 1. The minimum Gasteiger partial charge on any atom is -0.506 e. The largest absolute Gasteiger partial charge is 0.506 e. The highest BCUT2D eigenvalue weighted by molar-refractivity contribution is 5.99. The van der Waals surface area contributed by atoms with Crippen LogP contribution in [0.25, 0.3) is 6.08 Å². The predicted molar refractivity (Wildman–Crippen MR) is 67.0 cm³/mol. The first-order chi connectivity index (χ1) is 8.93. The van der Waals surface area contributed by atoms with E-state index in [2.05, 4.69) is 0 Å². The SMILES string of the molecule is CO[C@H]1OC(=O)c2c1cc1c(c2O)C=CC(C)(C)O1. The molecule has 5 heteroatoms. The monoisotopic (exact) mass is 262 g/mol. The average molecular weight is 262 g/mol. The number of hydrogen-bond donors (Lipinski definition) is 1. The van der Waals surface area contributed by atoms with Gasteiger partial charge in [-0.2, -0.15) is 0 Å². The smallest absolute Gasteiger partial charge is 0.345 e. The first kappa shape index (κ1) is 12.0. The molecule has 3 rings (SSSR count). The van der Waals surface area contributed by atoms with E-state index in [1.807, 2.05) is 19.9 Å². The predicted octanol–water partition coefficient (Wildman–Crippen LogP) is 2.39. The molecule has 0 aromatic heterocycles. The standard InChI is InChI=1S/C14H14O5/c1-14(2)5-4-7-9(19-14)6-8-10(11(7)15)12(16)18-13(8)17-3/h4-6,13,15H,1-3H3/t13-/m0/s1. The third-order valence-corrected chi connectivity index (χ3v) is 3.24. The molecule has 5 nitrogen and oxygen atoms in total. The van der Waals surface area contributed by atoms with Crippen molar-refractivity contribution in [3.63, 3.8) is 0 Å². The van der Waals surface area contributed by atoms with Crippen LogP contribution in [0.4, 0.5) is 0 Å². The van der Waals surface area contributed by atoms with Crippen molar-refractivity contribution in [2.75, 3.05) is 7.11 Å².